The lowest BCUT2D eigenvalue weighted by molar-refractivity contribution is -0.133. The van der Waals surface area contributed by atoms with Crippen LogP contribution in [0.25, 0.3) is 0 Å². The third kappa shape index (κ3) is 1.19. The summed E-state index contributed by atoms with van der Waals surface area (Å²) >= 11 is 7.18. The zero-order valence-corrected chi connectivity index (χ0v) is 12.5. The highest BCUT2D eigenvalue weighted by Gasteiger charge is 2.74. The number of halogens is 2. The fourth-order valence-corrected chi connectivity index (χ4v) is 5.94. The van der Waals surface area contributed by atoms with Crippen molar-refractivity contribution in [3.63, 3.8) is 0 Å². The molecule has 2 aliphatic carbocycles. The van der Waals surface area contributed by atoms with Gasteiger partial charge in [-0.05, 0) is 12.8 Å². The minimum Gasteiger partial charge on any atom is -0.370 e. The number of amides is 1. The molecule has 2 bridgehead atoms. The summed E-state index contributed by atoms with van der Waals surface area (Å²) < 4.78 is -0.508. The summed E-state index contributed by atoms with van der Waals surface area (Å²) in [6.07, 6.45) is 1.91. The second-order valence-electron chi connectivity index (χ2n) is 5.48. The van der Waals surface area contributed by atoms with E-state index in [-0.39, 0.29) is 28.4 Å². The average molecular weight is 353 g/mol. The van der Waals surface area contributed by atoms with Crippen LogP contribution >= 0.6 is 31.9 Å². The molecule has 0 aromatic rings. The van der Waals surface area contributed by atoms with E-state index < -0.39 is 9.74 Å². The topological polar surface area (TPSA) is 60.2 Å². The van der Waals surface area contributed by atoms with Crippen LogP contribution in [0, 0.1) is 10.8 Å². The molecule has 90 valence electrons. The number of hydrogen-bond acceptors (Lipinski definition) is 2. The van der Waals surface area contributed by atoms with E-state index in [1.807, 2.05) is 13.8 Å². The van der Waals surface area contributed by atoms with Gasteiger partial charge < -0.3 is 5.73 Å². The van der Waals surface area contributed by atoms with Crippen molar-refractivity contribution in [3.8, 4) is 0 Å². The maximum absolute atomic E-state index is 12.4. The monoisotopic (exact) mass is 351 g/mol. The van der Waals surface area contributed by atoms with Crippen LogP contribution in [0.1, 0.15) is 33.1 Å². The normalized spacial score (nSPS) is 45.0. The molecule has 1 amide bonds. The number of Topliss-reactive ketones (excluding diaryl/α,β-unsaturated/α-hetero) is 1. The minimum absolute atomic E-state index is 0.0116. The molecule has 2 N–H and O–H groups in total. The number of hydrogen-bond donors (Lipinski definition) is 1. The van der Waals surface area contributed by atoms with Crippen molar-refractivity contribution < 1.29 is 9.59 Å². The predicted molar refractivity (Wildman–Crippen MR) is 68.6 cm³/mol. The molecule has 0 heterocycles. The van der Waals surface area contributed by atoms with Crippen molar-refractivity contribution >= 4 is 43.6 Å². The van der Waals surface area contributed by atoms with Crippen molar-refractivity contribution in [1.29, 1.82) is 0 Å². The molecule has 2 rings (SSSR count). The smallest absolute Gasteiger partial charge is 0.218 e. The number of carbonyl (C=O) groups is 2. The first kappa shape index (κ1) is 12.6. The number of nitrogens with two attached hydrogens (primary N) is 1. The van der Waals surface area contributed by atoms with Gasteiger partial charge in [0.25, 0.3) is 0 Å². The lowest BCUT2D eigenvalue weighted by atomic mass is 9.62. The molecule has 0 saturated heterocycles. The second kappa shape index (κ2) is 3.31. The van der Waals surface area contributed by atoms with Crippen molar-refractivity contribution in [2.45, 2.75) is 42.3 Å². The van der Waals surface area contributed by atoms with Crippen LogP contribution in [0.2, 0.25) is 0 Å². The number of ketones is 1. The van der Waals surface area contributed by atoms with Gasteiger partial charge in [0.2, 0.25) is 5.91 Å². The molecule has 0 aromatic heterocycles. The van der Waals surface area contributed by atoms with Crippen LogP contribution in [-0.4, -0.2) is 20.8 Å². The van der Waals surface area contributed by atoms with Gasteiger partial charge in [-0.2, -0.15) is 0 Å². The van der Waals surface area contributed by atoms with Gasteiger partial charge in [0.1, 0.15) is 0 Å². The Morgan fingerprint density at radius 2 is 2.06 bits per heavy atom. The van der Waals surface area contributed by atoms with Gasteiger partial charge in [0.15, 0.2) is 5.78 Å². The Balaban J connectivity index is 2.52. The summed E-state index contributed by atoms with van der Waals surface area (Å²) in [5, 5.41) is 0. The average Bonchev–Trinajstić information content (AvgIpc) is 2.46. The molecule has 0 unspecified atom stereocenters. The Morgan fingerprint density at radius 1 is 1.50 bits per heavy atom. The zero-order valence-electron chi connectivity index (χ0n) is 9.35. The van der Waals surface area contributed by atoms with Crippen LogP contribution in [0.3, 0.4) is 0 Å². The lowest BCUT2D eigenvalue weighted by Crippen LogP contribution is -2.44. The maximum Gasteiger partial charge on any atom is 0.218 e. The molecule has 3 nitrogen and oxygen atoms in total. The Bertz CT molecular complexity index is 382. The molecular formula is C11H15Br2NO2. The van der Waals surface area contributed by atoms with Gasteiger partial charge >= 0.3 is 0 Å². The second-order valence-corrected chi connectivity index (χ2v) is 7.81. The van der Waals surface area contributed by atoms with Crippen LogP contribution in [0.4, 0.5) is 0 Å². The fraction of sp³-hybridized carbons (Fsp3) is 0.818. The molecule has 0 aromatic carbocycles. The largest absolute Gasteiger partial charge is 0.370 e. The summed E-state index contributed by atoms with van der Waals surface area (Å²) in [6.45, 7) is 3.85. The minimum atomic E-state index is -0.508. The molecule has 5 heteroatoms. The van der Waals surface area contributed by atoms with E-state index in [1.165, 1.54) is 0 Å². The summed E-state index contributed by atoms with van der Waals surface area (Å²) in [4.78, 5) is 23.6. The van der Waals surface area contributed by atoms with Gasteiger partial charge in [0.05, 0.1) is 4.32 Å². The van der Waals surface area contributed by atoms with Gasteiger partial charge in [-0.3, -0.25) is 9.59 Å². The summed E-state index contributed by atoms with van der Waals surface area (Å²) in [5.41, 5.74) is 4.50. The van der Waals surface area contributed by atoms with Crippen molar-refractivity contribution in [3.05, 3.63) is 0 Å². The van der Waals surface area contributed by atoms with E-state index >= 15 is 0 Å². The molecule has 0 radical (unpaired) electrons. The predicted octanol–water partition coefficient (Wildman–Crippen LogP) is 2.15. The van der Waals surface area contributed by atoms with Gasteiger partial charge in [-0.1, -0.05) is 45.7 Å². The molecule has 2 saturated carbocycles. The Hall–Kier alpha value is 0.1000. The Labute approximate surface area is 112 Å². The van der Waals surface area contributed by atoms with E-state index in [9.17, 15) is 9.59 Å². The van der Waals surface area contributed by atoms with Gasteiger partial charge in [-0.15, -0.1) is 0 Å². The Morgan fingerprint density at radius 3 is 2.44 bits per heavy atom. The highest BCUT2D eigenvalue weighted by atomic mass is 79.9. The molecule has 3 atom stereocenters. The number of fused-ring (bicyclic) bond motifs is 2. The molecule has 16 heavy (non-hydrogen) atoms. The molecule has 0 spiro atoms. The zero-order chi connectivity index (χ0) is 12.4. The molecule has 2 fully saturated rings. The third-order valence-electron chi connectivity index (χ3n) is 4.50. The number of carbonyl (C=O) groups excluding carboxylic acids is 2. The highest BCUT2D eigenvalue weighted by molar-refractivity contribution is 9.13. The number of primary amides is 1. The lowest BCUT2D eigenvalue weighted by Gasteiger charge is -2.41. The summed E-state index contributed by atoms with van der Waals surface area (Å²) in [7, 11) is 0. The van der Waals surface area contributed by atoms with Crippen molar-refractivity contribution in [2.75, 3.05) is 0 Å². The van der Waals surface area contributed by atoms with Crippen LogP contribution in [0.5, 0.6) is 0 Å². The third-order valence-corrected chi connectivity index (χ3v) is 7.99. The van der Waals surface area contributed by atoms with Gasteiger partial charge in [-0.25, -0.2) is 0 Å². The first-order valence-corrected chi connectivity index (χ1v) is 7.05. The molecule has 0 aliphatic heterocycles. The summed E-state index contributed by atoms with van der Waals surface area (Å²) in [5.74, 6) is -0.140. The quantitative estimate of drug-likeness (QED) is 0.774. The molecule has 2 aliphatic rings. The first-order chi connectivity index (χ1) is 7.18. The Kier molecular flexibility index (Phi) is 2.60. The highest BCUT2D eigenvalue weighted by Crippen LogP contribution is 2.70. The van der Waals surface area contributed by atoms with E-state index in [4.69, 9.17) is 5.73 Å². The van der Waals surface area contributed by atoms with E-state index in [1.54, 1.807) is 0 Å². The van der Waals surface area contributed by atoms with E-state index in [0.717, 1.165) is 12.8 Å². The van der Waals surface area contributed by atoms with Crippen LogP contribution in [0.15, 0.2) is 0 Å². The SMILES string of the molecule is CC1(C)C(=O)[C@]2(Br)CC[C@]1(CC(N)=O)[C@@H]2Br. The van der Waals surface area contributed by atoms with E-state index in [0.29, 0.717) is 0 Å². The molecular weight excluding hydrogens is 338 g/mol. The first-order valence-electron chi connectivity index (χ1n) is 5.35. The number of rotatable bonds is 2. The van der Waals surface area contributed by atoms with Crippen molar-refractivity contribution in [2.24, 2.45) is 16.6 Å². The van der Waals surface area contributed by atoms with Crippen LogP contribution < -0.4 is 5.73 Å². The van der Waals surface area contributed by atoms with Gasteiger partial charge in [0, 0.05) is 22.1 Å². The fourth-order valence-electron chi connectivity index (χ4n) is 3.41. The van der Waals surface area contributed by atoms with Crippen LogP contribution in [-0.2, 0) is 9.59 Å². The standard InChI is InChI=1S/C11H15Br2NO2/c1-9(2)8(16)11(13)4-3-10(9,7(11)12)5-6(14)15/h7H,3-5H2,1-2H3,(H2,14,15)/t7-,10-,11-/m0/s1. The maximum atomic E-state index is 12.4. The number of alkyl halides is 2. The van der Waals surface area contributed by atoms with Crippen molar-refractivity contribution in [1.82, 2.24) is 0 Å². The summed E-state index contributed by atoms with van der Waals surface area (Å²) in [6, 6.07) is 0. The van der Waals surface area contributed by atoms with E-state index in [2.05, 4.69) is 31.9 Å².